The number of benzene rings is 1. The van der Waals surface area contributed by atoms with Gasteiger partial charge in [-0.3, -0.25) is 0 Å². The smallest absolute Gasteiger partial charge is 0.224 e. The normalized spacial score (nSPS) is 11.3. The summed E-state index contributed by atoms with van der Waals surface area (Å²) in [5.74, 6) is 0.784. The number of aryl methyl sites for hydroxylation is 1. The van der Waals surface area contributed by atoms with Crippen LogP contribution in [0.5, 0.6) is 5.75 Å². The van der Waals surface area contributed by atoms with Crippen LogP contribution in [0.15, 0.2) is 30.7 Å². The second-order valence-corrected chi connectivity index (χ2v) is 5.68. The van der Waals surface area contributed by atoms with Crippen LogP contribution >= 0.6 is 0 Å². The van der Waals surface area contributed by atoms with Gasteiger partial charge in [0.15, 0.2) is 11.3 Å². The summed E-state index contributed by atoms with van der Waals surface area (Å²) in [4.78, 5) is 13.2. The van der Waals surface area contributed by atoms with Gasteiger partial charge in [0.2, 0.25) is 5.95 Å². The molecular weight excluding hydrogens is 304 g/mol. The number of anilines is 1. The van der Waals surface area contributed by atoms with Crippen molar-refractivity contribution < 1.29 is 5.11 Å². The van der Waals surface area contributed by atoms with Gasteiger partial charge in [-0.05, 0) is 42.7 Å². The highest BCUT2D eigenvalue weighted by Crippen LogP contribution is 2.35. The molecule has 0 aliphatic carbocycles. The first-order chi connectivity index (χ1) is 11.6. The molecule has 7 heteroatoms. The summed E-state index contributed by atoms with van der Waals surface area (Å²) >= 11 is 0. The third kappa shape index (κ3) is 1.98. The number of hydrogen-bond donors (Lipinski definition) is 2. The fourth-order valence-electron chi connectivity index (χ4n) is 3.01. The Kier molecular flexibility index (Phi) is 3.09. The molecule has 0 unspecified atom stereocenters. The number of rotatable bonds is 2. The number of nitrogens with one attached hydrogen (secondary N) is 1. The van der Waals surface area contributed by atoms with E-state index >= 15 is 0 Å². The second kappa shape index (κ2) is 5.16. The zero-order chi connectivity index (χ0) is 16.8. The Hall–Kier alpha value is -3.22. The molecule has 0 aliphatic rings. The lowest BCUT2D eigenvalue weighted by Crippen LogP contribution is -2.02. The molecule has 0 radical (unpaired) electrons. The number of pyridine rings is 1. The first-order valence-corrected chi connectivity index (χ1v) is 7.57. The molecule has 2 N–H and O–H groups in total. The molecule has 0 saturated carbocycles. The molecule has 1 aromatic carbocycles. The first kappa shape index (κ1) is 14.4. The topological polar surface area (TPSA) is 88.2 Å². The highest BCUT2D eigenvalue weighted by Gasteiger charge is 2.17. The van der Waals surface area contributed by atoms with Crippen LogP contribution in [-0.4, -0.2) is 36.7 Å². The van der Waals surface area contributed by atoms with Gasteiger partial charge in [-0.2, -0.15) is 14.6 Å². The Morgan fingerprint density at radius 2 is 1.96 bits per heavy atom. The molecule has 0 aliphatic heterocycles. The number of fused-ring (bicyclic) bond motifs is 3. The van der Waals surface area contributed by atoms with E-state index in [9.17, 15) is 5.11 Å². The van der Waals surface area contributed by atoms with Crippen molar-refractivity contribution in [3.63, 3.8) is 0 Å². The molecule has 0 saturated heterocycles. The van der Waals surface area contributed by atoms with E-state index in [1.807, 2.05) is 26.0 Å². The van der Waals surface area contributed by atoms with Crippen LogP contribution in [0.25, 0.3) is 27.8 Å². The average molecular weight is 320 g/mol. The molecule has 7 nitrogen and oxygen atoms in total. The summed E-state index contributed by atoms with van der Waals surface area (Å²) in [7, 11) is 1.77. The number of nitrogens with zero attached hydrogens (tertiary/aromatic N) is 5. The molecule has 4 aromatic rings. The fourth-order valence-corrected chi connectivity index (χ4v) is 3.01. The molecule has 3 aromatic heterocycles. The van der Waals surface area contributed by atoms with Crippen LogP contribution < -0.4 is 5.32 Å². The minimum Gasteiger partial charge on any atom is -0.508 e. The Morgan fingerprint density at radius 3 is 2.75 bits per heavy atom. The van der Waals surface area contributed by atoms with Crippen molar-refractivity contribution >= 4 is 22.6 Å². The highest BCUT2D eigenvalue weighted by atomic mass is 16.3. The second-order valence-electron chi connectivity index (χ2n) is 5.68. The van der Waals surface area contributed by atoms with Crippen LogP contribution in [0.2, 0.25) is 0 Å². The maximum absolute atomic E-state index is 10.1. The summed E-state index contributed by atoms with van der Waals surface area (Å²) in [6.07, 6.45) is 3.26. The zero-order valence-electron chi connectivity index (χ0n) is 13.6. The lowest BCUT2D eigenvalue weighted by molar-refractivity contribution is 0.471. The van der Waals surface area contributed by atoms with Crippen molar-refractivity contribution in [3.05, 3.63) is 41.9 Å². The van der Waals surface area contributed by atoms with E-state index < -0.39 is 0 Å². The quantitative estimate of drug-likeness (QED) is 0.590. The first-order valence-electron chi connectivity index (χ1n) is 7.57. The summed E-state index contributed by atoms with van der Waals surface area (Å²) in [6, 6.07) is 5.60. The Bertz CT molecular complexity index is 1090. The molecule has 0 fully saturated rings. The van der Waals surface area contributed by atoms with Gasteiger partial charge in [-0.15, -0.1) is 0 Å². The number of phenols is 1. The van der Waals surface area contributed by atoms with Crippen LogP contribution in [0.3, 0.4) is 0 Å². The summed E-state index contributed by atoms with van der Waals surface area (Å²) < 4.78 is 1.70. The molecule has 4 rings (SSSR count). The van der Waals surface area contributed by atoms with Gasteiger partial charge < -0.3 is 10.4 Å². The number of hydrogen-bond acceptors (Lipinski definition) is 6. The van der Waals surface area contributed by atoms with E-state index in [0.717, 1.165) is 27.6 Å². The van der Waals surface area contributed by atoms with Crippen molar-refractivity contribution in [1.29, 1.82) is 0 Å². The van der Waals surface area contributed by atoms with Crippen molar-refractivity contribution in [3.8, 4) is 16.9 Å². The predicted octanol–water partition coefficient (Wildman–Crippen LogP) is 2.70. The Balaban J connectivity index is 2.13. The van der Waals surface area contributed by atoms with Gasteiger partial charge in [0.25, 0.3) is 0 Å². The van der Waals surface area contributed by atoms with Crippen molar-refractivity contribution in [1.82, 2.24) is 24.6 Å². The zero-order valence-corrected chi connectivity index (χ0v) is 13.6. The van der Waals surface area contributed by atoms with Gasteiger partial charge in [-0.1, -0.05) is 6.07 Å². The summed E-state index contributed by atoms with van der Waals surface area (Å²) in [6.45, 7) is 3.91. The lowest BCUT2D eigenvalue weighted by Gasteiger charge is -2.13. The molecule has 120 valence electrons. The highest BCUT2D eigenvalue weighted by molar-refractivity contribution is 5.91. The van der Waals surface area contributed by atoms with Gasteiger partial charge in [0.05, 0.1) is 0 Å². The van der Waals surface area contributed by atoms with Gasteiger partial charge in [0, 0.05) is 24.2 Å². The number of phenolic OH excluding ortho intramolecular Hbond substituents is 1. The average Bonchev–Trinajstić information content (AvgIpc) is 3.08. The molecular formula is C17H16N6O. The van der Waals surface area contributed by atoms with E-state index in [1.54, 1.807) is 23.8 Å². The monoisotopic (exact) mass is 320 g/mol. The van der Waals surface area contributed by atoms with E-state index in [2.05, 4.69) is 25.4 Å². The lowest BCUT2D eigenvalue weighted by atomic mass is 9.95. The van der Waals surface area contributed by atoms with E-state index in [4.69, 9.17) is 0 Å². The van der Waals surface area contributed by atoms with Crippen LogP contribution in [0, 0.1) is 13.8 Å². The van der Waals surface area contributed by atoms with Crippen LogP contribution in [0.4, 0.5) is 5.95 Å². The van der Waals surface area contributed by atoms with E-state index in [-0.39, 0.29) is 5.75 Å². The summed E-state index contributed by atoms with van der Waals surface area (Å²) in [5.41, 5.74) is 5.09. The van der Waals surface area contributed by atoms with E-state index in [0.29, 0.717) is 17.2 Å². The number of aromatic hydroxyl groups is 1. The van der Waals surface area contributed by atoms with Gasteiger partial charge >= 0.3 is 0 Å². The third-order valence-corrected chi connectivity index (χ3v) is 4.22. The van der Waals surface area contributed by atoms with E-state index in [1.165, 1.54) is 6.33 Å². The van der Waals surface area contributed by atoms with Gasteiger partial charge in [-0.25, -0.2) is 9.97 Å². The molecule has 0 bridgehead atoms. The van der Waals surface area contributed by atoms with Crippen molar-refractivity contribution in [2.45, 2.75) is 13.8 Å². The van der Waals surface area contributed by atoms with Gasteiger partial charge in [0.1, 0.15) is 12.1 Å². The molecule has 3 heterocycles. The standard InChI is InChI=1S/C17H16N6O/c1-9-4-5-13(24)10(2)14(9)12-6-11-7-19-17(18-3)22-15(11)23-16(12)20-8-21-23/h4-8,24H,1-3H3,(H,18,19,22). The maximum atomic E-state index is 10.1. The molecule has 24 heavy (non-hydrogen) atoms. The van der Waals surface area contributed by atoms with Crippen LogP contribution in [0.1, 0.15) is 11.1 Å². The fraction of sp³-hybridized carbons (Fsp3) is 0.176. The largest absolute Gasteiger partial charge is 0.508 e. The molecule has 0 spiro atoms. The van der Waals surface area contributed by atoms with Crippen molar-refractivity contribution in [2.24, 2.45) is 0 Å². The maximum Gasteiger partial charge on any atom is 0.224 e. The van der Waals surface area contributed by atoms with Crippen LogP contribution in [-0.2, 0) is 0 Å². The van der Waals surface area contributed by atoms with Crippen molar-refractivity contribution in [2.75, 3.05) is 12.4 Å². The summed E-state index contributed by atoms with van der Waals surface area (Å²) in [5, 5.41) is 18.2. The SMILES string of the molecule is CNc1ncc2cc(-c3c(C)ccc(O)c3C)c3ncnn3c2n1. The number of aromatic nitrogens is 5. The minimum atomic E-state index is 0.259. The minimum absolute atomic E-state index is 0.259. The molecule has 0 amide bonds. The third-order valence-electron chi connectivity index (χ3n) is 4.22. The predicted molar refractivity (Wildman–Crippen MR) is 92.2 cm³/mol. The Morgan fingerprint density at radius 1 is 1.12 bits per heavy atom. The Labute approximate surface area is 138 Å². The molecule has 0 atom stereocenters.